The number of rotatable bonds is 2. The lowest BCUT2D eigenvalue weighted by atomic mass is 9.42. The molecule has 0 aromatic rings. The highest BCUT2D eigenvalue weighted by Gasteiger charge is 2.83. The molecule has 1 heterocycles. The molecule has 0 unspecified atom stereocenters. The van der Waals surface area contributed by atoms with E-state index in [0.29, 0.717) is 29.4 Å². The average Bonchev–Trinajstić information content (AvgIpc) is 3.82. The molecule has 0 bridgehead atoms. The van der Waals surface area contributed by atoms with E-state index >= 15 is 0 Å². The predicted octanol–water partition coefficient (Wildman–Crippen LogP) is 3.39. The van der Waals surface area contributed by atoms with Gasteiger partial charge in [-0.1, -0.05) is 31.6 Å². The molecule has 0 amide bonds. The average molecular weight is 561 g/mol. The Hall–Kier alpha value is -3.00. The van der Waals surface area contributed by atoms with Gasteiger partial charge in [0.2, 0.25) is 0 Å². The first kappa shape index (κ1) is 25.7. The van der Waals surface area contributed by atoms with Crippen molar-refractivity contribution in [1.82, 2.24) is 0 Å². The summed E-state index contributed by atoms with van der Waals surface area (Å²) in [7, 11) is 1.27. The Morgan fingerprint density at radius 2 is 1.76 bits per heavy atom. The minimum atomic E-state index is -1.33. The van der Waals surface area contributed by atoms with Crippen LogP contribution < -0.4 is 0 Å². The van der Waals surface area contributed by atoms with Crippen LogP contribution in [0.2, 0.25) is 0 Å². The molecule has 1 spiro atoms. The van der Waals surface area contributed by atoms with Crippen LogP contribution in [0.1, 0.15) is 53.9 Å². The Morgan fingerprint density at radius 3 is 2.41 bits per heavy atom. The minimum Gasteiger partial charge on any atom is -0.466 e. The maximum atomic E-state index is 14.3. The van der Waals surface area contributed by atoms with Crippen LogP contribution in [-0.2, 0) is 33.4 Å². The van der Waals surface area contributed by atoms with Crippen LogP contribution in [0, 0.1) is 52.3 Å². The molecule has 8 nitrogen and oxygen atoms in total. The lowest BCUT2D eigenvalue weighted by Gasteiger charge is -2.63. The molecule has 0 aromatic carbocycles. The van der Waals surface area contributed by atoms with E-state index < -0.39 is 58.2 Å². The zero-order valence-electron chi connectivity index (χ0n) is 24.3. The number of ether oxygens (including phenoxy) is 3. The van der Waals surface area contributed by atoms with Crippen LogP contribution >= 0.6 is 0 Å². The number of hydrogen-bond acceptors (Lipinski definition) is 8. The first-order chi connectivity index (χ1) is 19.3. The smallest absolute Gasteiger partial charge is 0.334 e. The molecule has 8 aliphatic rings. The van der Waals surface area contributed by atoms with Gasteiger partial charge < -0.3 is 19.3 Å². The first-order valence-corrected chi connectivity index (χ1v) is 14.8. The van der Waals surface area contributed by atoms with E-state index in [2.05, 4.69) is 13.5 Å². The predicted molar refractivity (Wildman–Crippen MR) is 143 cm³/mol. The number of carbonyl (C=O) groups excluding carboxylic acids is 4. The van der Waals surface area contributed by atoms with Crippen LogP contribution in [0.4, 0.5) is 0 Å². The van der Waals surface area contributed by atoms with Crippen molar-refractivity contribution in [1.29, 1.82) is 0 Å². The number of ketones is 1. The van der Waals surface area contributed by atoms with Crippen molar-refractivity contribution in [3.05, 3.63) is 45.6 Å². The van der Waals surface area contributed by atoms with Gasteiger partial charge in [0.25, 0.3) is 0 Å². The summed E-state index contributed by atoms with van der Waals surface area (Å²) >= 11 is 0. The van der Waals surface area contributed by atoms with E-state index in [9.17, 15) is 24.3 Å². The van der Waals surface area contributed by atoms with Gasteiger partial charge in [-0.25, -0.2) is 9.59 Å². The lowest BCUT2D eigenvalue weighted by Crippen LogP contribution is -2.68. The summed E-state index contributed by atoms with van der Waals surface area (Å²) in [6, 6.07) is 0. The van der Waals surface area contributed by atoms with Gasteiger partial charge in [-0.2, -0.15) is 0 Å². The van der Waals surface area contributed by atoms with Gasteiger partial charge in [0.05, 0.1) is 13.0 Å². The Labute approximate surface area is 238 Å². The number of carbonyl (C=O) groups is 4. The van der Waals surface area contributed by atoms with Crippen molar-refractivity contribution < 1.29 is 38.5 Å². The van der Waals surface area contributed by atoms with E-state index in [-0.39, 0.29) is 34.8 Å². The Morgan fingerprint density at radius 1 is 1.07 bits per heavy atom. The van der Waals surface area contributed by atoms with Crippen molar-refractivity contribution >= 4 is 23.7 Å². The quantitative estimate of drug-likeness (QED) is 0.237. The molecule has 1 aliphatic heterocycles. The largest absolute Gasteiger partial charge is 0.466 e. The fourth-order valence-corrected chi connectivity index (χ4v) is 11.4. The highest BCUT2D eigenvalue weighted by Crippen LogP contribution is 2.82. The van der Waals surface area contributed by atoms with Gasteiger partial charge >= 0.3 is 17.9 Å². The molecule has 8 rings (SSSR count). The summed E-state index contributed by atoms with van der Waals surface area (Å²) in [4.78, 5) is 53.8. The Bertz CT molecular complexity index is 1540. The van der Waals surface area contributed by atoms with Gasteiger partial charge in [0, 0.05) is 46.5 Å². The topological polar surface area (TPSA) is 116 Å². The zero-order chi connectivity index (χ0) is 29.3. The SMILES string of the molecule is C=C1[C@H]2C[C@H]2[C@@]2(C)[C@H]1[C@@H](OC(C)=O)C1=C(C)C(=O)O[C@@]13[C@@H]1C4=C(C[C@H]32)[C@H]2C[C@H]2[C@]4(C)[C@@H](O)C(=O)/C1=C(/C)C(=O)OC. The van der Waals surface area contributed by atoms with Crippen molar-refractivity contribution in [2.45, 2.75) is 71.7 Å². The molecule has 5 saturated carbocycles. The summed E-state index contributed by atoms with van der Waals surface area (Å²) in [5.41, 5.74) is 1.94. The molecular weight excluding hydrogens is 524 g/mol. The van der Waals surface area contributed by atoms with Crippen LogP contribution in [0.25, 0.3) is 0 Å². The molecular formula is C33H36O8. The number of aliphatic hydroxyl groups excluding tert-OH is 1. The maximum absolute atomic E-state index is 14.3. The van der Waals surface area contributed by atoms with Crippen molar-refractivity contribution in [3.63, 3.8) is 0 Å². The van der Waals surface area contributed by atoms with E-state index in [1.54, 1.807) is 13.8 Å². The van der Waals surface area contributed by atoms with E-state index in [0.717, 1.165) is 24.0 Å². The van der Waals surface area contributed by atoms with Crippen molar-refractivity contribution in [2.75, 3.05) is 7.11 Å². The van der Waals surface area contributed by atoms with Crippen LogP contribution in [0.3, 0.4) is 0 Å². The summed E-state index contributed by atoms with van der Waals surface area (Å²) in [5.74, 6) is -2.31. The molecule has 0 radical (unpaired) electrons. The van der Waals surface area contributed by atoms with Gasteiger partial charge in [-0.05, 0) is 67.8 Å². The van der Waals surface area contributed by atoms with Crippen LogP contribution in [0.15, 0.2) is 45.6 Å². The summed E-state index contributed by atoms with van der Waals surface area (Å²) in [5, 5.41) is 11.7. The summed E-state index contributed by atoms with van der Waals surface area (Å²) in [6.07, 6.45) is 0.488. The van der Waals surface area contributed by atoms with Gasteiger partial charge in [0.1, 0.15) is 12.2 Å². The minimum absolute atomic E-state index is 0.113. The Kier molecular flexibility index (Phi) is 4.58. The third-order valence-corrected chi connectivity index (χ3v) is 13.0. The third kappa shape index (κ3) is 2.52. The van der Waals surface area contributed by atoms with E-state index in [4.69, 9.17) is 14.2 Å². The van der Waals surface area contributed by atoms with Crippen molar-refractivity contribution in [2.24, 2.45) is 52.3 Å². The standard InChI is InChI=1S/C33H36O8/c1-11-15-8-18(15)31(5)20-10-17-16-9-19(16)32(6)24(17)25(21(26(35)28(32)36)12(2)29(37)39-7)33(20)23(13(3)30(38)41-33)27(22(11)31)40-14(4)34/h15-16,18-20,22,25,27-28,36H,1,8-10H2,2-7H3/b21-12-/t15-,16-,18-,19-,20+,22-,25+,27-,28+,31-,32+,33-/m1/s1. The van der Waals surface area contributed by atoms with Crippen molar-refractivity contribution in [3.8, 4) is 0 Å². The Balaban J connectivity index is 1.49. The monoisotopic (exact) mass is 560 g/mol. The lowest BCUT2D eigenvalue weighted by molar-refractivity contribution is -0.190. The molecule has 41 heavy (non-hydrogen) atoms. The zero-order valence-corrected chi connectivity index (χ0v) is 24.3. The number of Topliss-reactive ketones (excluding diaryl/α,β-unsaturated/α-hetero) is 1. The molecule has 8 heteroatoms. The van der Waals surface area contributed by atoms with Gasteiger partial charge in [-0.15, -0.1) is 0 Å². The molecule has 0 aromatic heterocycles. The second kappa shape index (κ2) is 7.31. The fraction of sp³-hybridized carbons (Fsp3) is 0.636. The number of fused-ring (bicyclic) bond motifs is 7. The fourth-order valence-electron chi connectivity index (χ4n) is 11.4. The summed E-state index contributed by atoms with van der Waals surface area (Å²) < 4.78 is 17.9. The number of aliphatic hydroxyl groups is 1. The number of hydrogen-bond donors (Lipinski definition) is 1. The number of allylic oxidation sites excluding steroid dienone is 1. The molecule has 5 fully saturated rings. The highest BCUT2D eigenvalue weighted by atomic mass is 16.6. The maximum Gasteiger partial charge on any atom is 0.334 e. The molecule has 7 aliphatic carbocycles. The molecule has 216 valence electrons. The highest BCUT2D eigenvalue weighted by molar-refractivity contribution is 6.09. The third-order valence-electron chi connectivity index (χ3n) is 13.0. The van der Waals surface area contributed by atoms with E-state index in [1.165, 1.54) is 19.6 Å². The van der Waals surface area contributed by atoms with Gasteiger partial charge in [0.15, 0.2) is 11.4 Å². The van der Waals surface area contributed by atoms with E-state index in [1.807, 2.05) is 6.92 Å². The molecule has 0 saturated heterocycles. The van der Waals surface area contributed by atoms with Gasteiger partial charge in [-0.3, -0.25) is 9.59 Å². The van der Waals surface area contributed by atoms with Crippen LogP contribution in [-0.4, -0.2) is 53.7 Å². The summed E-state index contributed by atoms with van der Waals surface area (Å²) in [6.45, 7) is 13.4. The number of methoxy groups -OCH3 is 1. The molecule has 12 atom stereocenters. The second-order valence-electron chi connectivity index (χ2n) is 14.3. The second-order valence-corrected chi connectivity index (χ2v) is 14.3. The first-order valence-electron chi connectivity index (χ1n) is 14.8. The van der Waals surface area contributed by atoms with Crippen LogP contribution in [0.5, 0.6) is 0 Å². The molecule has 1 N–H and O–H groups in total. The normalized spacial score (nSPS) is 50.7. The number of esters is 3.